The third-order valence-electron chi connectivity index (χ3n) is 1.75. The van der Waals surface area contributed by atoms with Gasteiger partial charge < -0.3 is 0 Å². The summed E-state index contributed by atoms with van der Waals surface area (Å²) in [6.07, 6.45) is 0. The molecule has 0 spiro atoms. The molecule has 11 heteroatoms. The van der Waals surface area contributed by atoms with E-state index in [4.69, 9.17) is 69.6 Å². The molecule has 20 heavy (non-hydrogen) atoms. The predicted octanol–water partition coefficient (Wildman–Crippen LogP) is 5.64. The summed E-state index contributed by atoms with van der Waals surface area (Å²) in [5, 5.41) is 0. The quantitative estimate of drug-likeness (QED) is 0.453. The van der Waals surface area contributed by atoms with Crippen molar-refractivity contribution >= 4 is 97.3 Å². The molecule has 0 heterocycles. The van der Waals surface area contributed by atoms with Crippen LogP contribution in [0.5, 0.6) is 0 Å². The van der Waals surface area contributed by atoms with Gasteiger partial charge in [-0.15, -0.1) is 0 Å². The number of alkyl halides is 3. The lowest BCUT2D eigenvalue weighted by molar-refractivity contribution is 0.606. The number of rotatable bonds is 4. The van der Waals surface area contributed by atoms with Gasteiger partial charge in [-0.2, -0.15) is 8.42 Å². The summed E-state index contributed by atoms with van der Waals surface area (Å²) in [5.74, 6) is 0. The molecule has 0 aliphatic carbocycles. The second-order valence-electron chi connectivity index (χ2n) is 3.14. The van der Waals surface area contributed by atoms with Crippen molar-refractivity contribution in [3.63, 3.8) is 0 Å². The van der Waals surface area contributed by atoms with Gasteiger partial charge in [-0.05, 0) is 12.1 Å². The van der Waals surface area contributed by atoms with E-state index in [1.165, 1.54) is 12.1 Å². The highest BCUT2D eigenvalue weighted by Crippen LogP contribution is 2.46. The Bertz CT molecular complexity index is 595. The van der Waals surface area contributed by atoms with Gasteiger partial charge in [0.05, 0.1) is 5.69 Å². The van der Waals surface area contributed by atoms with Crippen LogP contribution in [0.25, 0.3) is 0 Å². The summed E-state index contributed by atoms with van der Waals surface area (Å²) < 4.78 is 22.1. The monoisotopic (exact) mass is 433 g/mol. The summed E-state index contributed by atoms with van der Waals surface area (Å²) in [7, 11) is -4.26. The lowest BCUT2D eigenvalue weighted by Gasteiger charge is -2.25. The number of anilines is 1. The Labute approximate surface area is 150 Å². The number of hydrogen-bond donors (Lipinski definition) is 0. The summed E-state index contributed by atoms with van der Waals surface area (Å²) in [6, 6.07) is 7.90. The fourth-order valence-corrected chi connectivity index (χ4v) is 5.07. The van der Waals surface area contributed by atoms with Crippen LogP contribution in [-0.4, -0.2) is 11.5 Å². The maximum atomic E-state index is 12.3. The first kappa shape index (κ1) is 18.8. The molecule has 112 valence electrons. The fourth-order valence-electron chi connectivity index (χ4n) is 1.05. The third-order valence-corrected chi connectivity index (χ3v) is 6.64. The van der Waals surface area contributed by atoms with E-state index in [1.54, 1.807) is 18.2 Å². The van der Waals surface area contributed by atoms with Crippen molar-refractivity contribution in [3.05, 3.63) is 39.2 Å². The SMILES string of the molecule is O=S(=O)(C(Cl)=C(Cl)Cl)N(SC(Cl)(Cl)Cl)c1ccccc1. The van der Waals surface area contributed by atoms with Gasteiger partial charge in [-0.3, -0.25) is 0 Å². The maximum absolute atomic E-state index is 12.3. The largest absolute Gasteiger partial charge is 0.287 e. The molecule has 0 unspecified atom stereocenters. The van der Waals surface area contributed by atoms with E-state index < -0.39 is 22.0 Å². The summed E-state index contributed by atoms with van der Waals surface area (Å²) in [4.78, 5) is 0. The molecule has 3 nitrogen and oxygen atoms in total. The van der Waals surface area contributed by atoms with Crippen LogP contribution in [0.4, 0.5) is 5.69 Å². The van der Waals surface area contributed by atoms with Crippen LogP contribution in [0.3, 0.4) is 0 Å². The van der Waals surface area contributed by atoms with E-state index in [2.05, 4.69) is 0 Å². The second kappa shape index (κ2) is 7.38. The van der Waals surface area contributed by atoms with Crippen molar-refractivity contribution in [2.45, 2.75) is 3.12 Å². The zero-order chi connectivity index (χ0) is 15.6. The Morgan fingerprint density at radius 3 is 1.95 bits per heavy atom. The standard InChI is InChI=1S/C9H5Cl6NO2S2/c10-7(11)8(12)20(17,18)16(19-9(13,14)15)6-4-2-1-3-5-6/h1-5H. The molecule has 0 aromatic heterocycles. The van der Waals surface area contributed by atoms with Crippen LogP contribution in [-0.2, 0) is 10.0 Å². The molecular weight excluding hydrogens is 431 g/mol. The topological polar surface area (TPSA) is 37.4 Å². The first-order valence-electron chi connectivity index (χ1n) is 4.62. The van der Waals surface area contributed by atoms with Crippen molar-refractivity contribution < 1.29 is 8.42 Å². The predicted molar refractivity (Wildman–Crippen MR) is 90.3 cm³/mol. The first-order chi connectivity index (χ1) is 9.05. The number of hydrogen-bond acceptors (Lipinski definition) is 3. The van der Waals surface area contributed by atoms with Gasteiger partial charge >= 0.3 is 0 Å². The number of sulfonamides is 1. The average Bonchev–Trinajstić information content (AvgIpc) is 2.34. The molecule has 0 amide bonds. The van der Waals surface area contributed by atoms with Gasteiger partial charge in [0.2, 0.25) is 0 Å². The lowest BCUT2D eigenvalue weighted by Crippen LogP contribution is -2.27. The van der Waals surface area contributed by atoms with Crippen LogP contribution in [0, 0.1) is 0 Å². The van der Waals surface area contributed by atoms with Gasteiger partial charge in [0, 0.05) is 11.9 Å². The number of halogens is 6. The molecular formula is C9H5Cl6NO2S2. The van der Waals surface area contributed by atoms with Gasteiger partial charge in [-0.1, -0.05) is 87.8 Å². The summed E-state index contributed by atoms with van der Waals surface area (Å²) >= 11 is 33.8. The minimum Gasteiger partial charge on any atom is -0.203 e. The summed E-state index contributed by atoms with van der Waals surface area (Å²) in [6.45, 7) is 0. The molecule has 0 aliphatic heterocycles. The Morgan fingerprint density at radius 1 is 1.05 bits per heavy atom. The molecule has 0 aliphatic rings. The van der Waals surface area contributed by atoms with Crippen molar-refractivity contribution in [1.29, 1.82) is 0 Å². The minimum absolute atomic E-state index is 0.219. The third kappa shape index (κ3) is 5.21. The Kier molecular flexibility index (Phi) is 6.95. The van der Waals surface area contributed by atoms with Crippen molar-refractivity contribution in [2.75, 3.05) is 3.71 Å². The fraction of sp³-hybridized carbons (Fsp3) is 0.111. The molecule has 0 atom stereocenters. The maximum Gasteiger partial charge on any atom is 0.287 e. The number of nitrogens with zero attached hydrogens (tertiary/aromatic N) is 1. The van der Waals surface area contributed by atoms with Crippen LogP contribution < -0.4 is 3.71 Å². The Balaban J connectivity index is 3.37. The van der Waals surface area contributed by atoms with E-state index in [1.807, 2.05) is 0 Å². The average molecular weight is 436 g/mol. The van der Waals surface area contributed by atoms with Crippen LogP contribution in [0.2, 0.25) is 0 Å². The normalized spacial score (nSPS) is 12.1. The minimum atomic E-state index is -4.26. The molecule has 1 aromatic carbocycles. The van der Waals surface area contributed by atoms with Gasteiger partial charge in [0.1, 0.15) is 4.49 Å². The van der Waals surface area contributed by atoms with Crippen molar-refractivity contribution in [2.24, 2.45) is 0 Å². The highest BCUT2D eigenvalue weighted by atomic mass is 35.6. The number of benzene rings is 1. The van der Waals surface area contributed by atoms with E-state index in [-0.39, 0.29) is 5.69 Å². The van der Waals surface area contributed by atoms with Crippen molar-refractivity contribution in [1.82, 2.24) is 0 Å². The van der Waals surface area contributed by atoms with E-state index in [9.17, 15) is 8.42 Å². The van der Waals surface area contributed by atoms with Gasteiger partial charge in [0.25, 0.3) is 13.1 Å². The van der Waals surface area contributed by atoms with E-state index in [0.29, 0.717) is 11.9 Å². The first-order valence-corrected chi connectivity index (χ1v) is 9.11. The molecule has 0 saturated heterocycles. The van der Waals surface area contributed by atoms with E-state index in [0.717, 1.165) is 3.71 Å². The van der Waals surface area contributed by atoms with Crippen LogP contribution in [0.1, 0.15) is 0 Å². The summed E-state index contributed by atoms with van der Waals surface area (Å²) in [5.41, 5.74) is 0.219. The zero-order valence-electron chi connectivity index (χ0n) is 9.23. The van der Waals surface area contributed by atoms with E-state index >= 15 is 0 Å². The zero-order valence-corrected chi connectivity index (χ0v) is 15.4. The van der Waals surface area contributed by atoms with Crippen molar-refractivity contribution in [3.8, 4) is 0 Å². The second-order valence-corrected chi connectivity index (χ2v) is 10.8. The van der Waals surface area contributed by atoms with Gasteiger partial charge in [0.15, 0.2) is 4.36 Å². The molecule has 0 saturated carbocycles. The number of para-hydroxylation sites is 1. The highest BCUT2D eigenvalue weighted by Gasteiger charge is 2.36. The van der Waals surface area contributed by atoms with Crippen LogP contribution >= 0.6 is 81.6 Å². The van der Waals surface area contributed by atoms with Gasteiger partial charge in [-0.25, -0.2) is 3.71 Å². The molecule has 0 N–H and O–H groups in total. The Morgan fingerprint density at radius 2 is 1.55 bits per heavy atom. The van der Waals surface area contributed by atoms with Crippen LogP contribution in [0.15, 0.2) is 39.2 Å². The highest BCUT2D eigenvalue weighted by molar-refractivity contribution is 8.19. The smallest absolute Gasteiger partial charge is 0.203 e. The molecule has 0 bridgehead atoms. The molecule has 0 radical (unpaired) electrons. The molecule has 1 aromatic rings. The molecule has 1 rings (SSSR count). The Hall–Kier alpha value is 0.800. The molecule has 0 fully saturated rings. The lowest BCUT2D eigenvalue weighted by atomic mass is 10.3.